The first-order valence-corrected chi connectivity index (χ1v) is 10.7. The van der Waals surface area contributed by atoms with Gasteiger partial charge in [-0.3, -0.25) is 0 Å². The molecule has 1 aliphatic heterocycles. The summed E-state index contributed by atoms with van der Waals surface area (Å²) in [7, 11) is 0. The van der Waals surface area contributed by atoms with E-state index < -0.39 is 0 Å². The molecule has 29 heavy (non-hydrogen) atoms. The van der Waals surface area contributed by atoms with Crippen LogP contribution in [0.2, 0.25) is 0 Å². The van der Waals surface area contributed by atoms with Crippen LogP contribution in [0, 0.1) is 5.92 Å². The minimum absolute atomic E-state index is 0.152. The summed E-state index contributed by atoms with van der Waals surface area (Å²) >= 11 is 1.71. The molecular formula is C25H19N3S. The molecule has 1 unspecified atom stereocenters. The highest BCUT2D eigenvalue weighted by molar-refractivity contribution is 7.22. The molecule has 2 aliphatic rings. The lowest BCUT2D eigenvalue weighted by molar-refractivity contribution is 0.711. The van der Waals surface area contributed by atoms with E-state index in [-0.39, 0.29) is 12.0 Å². The van der Waals surface area contributed by atoms with Crippen LogP contribution in [0.15, 0.2) is 96.1 Å². The summed E-state index contributed by atoms with van der Waals surface area (Å²) in [5, 5.41) is 10.8. The highest BCUT2D eigenvalue weighted by Gasteiger charge is 2.34. The monoisotopic (exact) mass is 393 g/mol. The number of thiazole rings is 1. The zero-order chi connectivity index (χ0) is 19.2. The number of benzene rings is 3. The Hall–Kier alpha value is -3.24. The van der Waals surface area contributed by atoms with Gasteiger partial charge in [0.15, 0.2) is 0 Å². The SMILES string of the molecule is C1=CC(C2=NN(c3nc4ccccc4s3)C(c3cccc4ccccc34)C2)C=C1. The van der Waals surface area contributed by atoms with Crippen LogP contribution in [-0.4, -0.2) is 10.7 Å². The van der Waals surface area contributed by atoms with Gasteiger partial charge in [0.25, 0.3) is 0 Å². The van der Waals surface area contributed by atoms with Gasteiger partial charge in [-0.1, -0.05) is 90.2 Å². The number of anilines is 1. The molecule has 0 N–H and O–H groups in total. The number of fused-ring (bicyclic) bond motifs is 2. The van der Waals surface area contributed by atoms with Crippen LogP contribution in [0.3, 0.4) is 0 Å². The van der Waals surface area contributed by atoms with E-state index in [2.05, 4.69) is 90.0 Å². The van der Waals surface area contributed by atoms with Gasteiger partial charge in [-0.05, 0) is 28.5 Å². The summed E-state index contributed by atoms with van der Waals surface area (Å²) in [5.74, 6) is 0.284. The van der Waals surface area contributed by atoms with Crippen molar-refractivity contribution in [3.8, 4) is 0 Å². The molecule has 0 bridgehead atoms. The molecule has 1 aliphatic carbocycles. The lowest BCUT2D eigenvalue weighted by Gasteiger charge is -2.22. The van der Waals surface area contributed by atoms with Gasteiger partial charge in [0.05, 0.1) is 22.0 Å². The van der Waals surface area contributed by atoms with Gasteiger partial charge < -0.3 is 0 Å². The van der Waals surface area contributed by atoms with E-state index in [9.17, 15) is 0 Å². The molecule has 3 nitrogen and oxygen atoms in total. The van der Waals surface area contributed by atoms with Gasteiger partial charge in [0.2, 0.25) is 5.13 Å². The molecule has 0 saturated carbocycles. The zero-order valence-corrected chi connectivity index (χ0v) is 16.6. The molecule has 0 spiro atoms. The largest absolute Gasteiger partial charge is 0.231 e. The van der Waals surface area contributed by atoms with Gasteiger partial charge in [0, 0.05) is 12.3 Å². The zero-order valence-electron chi connectivity index (χ0n) is 15.8. The first kappa shape index (κ1) is 16.7. The molecule has 1 atom stereocenters. The normalized spacial score (nSPS) is 19.0. The Morgan fingerprint density at radius 3 is 2.55 bits per heavy atom. The number of hydrogen-bond donors (Lipinski definition) is 0. The van der Waals surface area contributed by atoms with E-state index in [1.54, 1.807) is 11.3 Å². The number of para-hydroxylation sites is 1. The van der Waals surface area contributed by atoms with Crippen LogP contribution in [0.5, 0.6) is 0 Å². The summed E-state index contributed by atoms with van der Waals surface area (Å²) in [4.78, 5) is 4.91. The molecule has 2 heterocycles. The van der Waals surface area contributed by atoms with Crippen molar-refractivity contribution in [3.05, 3.63) is 96.6 Å². The van der Waals surface area contributed by atoms with Crippen molar-refractivity contribution in [1.29, 1.82) is 0 Å². The molecule has 140 valence electrons. The Kier molecular flexibility index (Phi) is 3.84. The third-order valence-electron chi connectivity index (χ3n) is 5.73. The topological polar surface area (TPSA) is 28.5 Å². The van der Waals surface area contributed by atoms with Crippen LogP contribution in [0.1, 0.15) is 18.0 Å². The first-order valence-electron chi connectivity index (χ1n) is 9.92. The quantitative estimate of drug-likeness (QED) is 0.397. The fourth-order valence-corrected chi connectivity index (χ4v) is 5.27. The third kappa shape index (κ3) is 2.79. The standard InChI is InChI=1S/C25H19N3S/c1-2-10-18(9-1)22-16-23(20-13-7-11-17-8-3-4-12-19(17)20)28(27-22)25-26-21-14-5-6-15-24(21)29-25/h1-15,18,23H,16H2. The van der Waals surface area contributed by atoms with Crippen molar-refractivity contribution < 1.29 is 0 Å². The fraction of sp³-hybridized carbons (Fsp3) is 0.120. The number of nitrogens with zero attached hydrogens (tertiary/aromatic N) is 3. The second kappa shape index (κ2) is 6.68. The Balaban J connectivity index is 1.50. The average Bonchev–Trinajstić information content (AvgIpc) is 3.51. The molecular weight excluding hydrogens is 374 g/mol. The van der Waals surface area contributed by atoms with E-state index in [0.29, 0.717) is 0 Å². The van der Waals surface area contributed by atoms with Crippen molar-refractivity contribution in [1.82, 2.24) is 4.98 Å². The van der Waals surface area contributed by atoms with Gasteiger partial charge in [-0.15, -0.1) is 0 Å². The maximum absolute atomic E-state index is 5.10. The van der Waals surface area contributed by atoms with Crippen molar-refractivity contribution in [2.24, 2.45) is 11.0 Å². The Labute approximate surface area is 173 Å². The van der Waals surface area contributed by atoms with E-state index in [0.717, 1.165) is 17.1 Å². The van der Waals surface area contributed by atoms with Crippen LogP contribution >= 0.6 is 11.3 Å². The van der Waals surface area contributed by atoms with Gasteiger partial charge in [0.1, 0.15) is 0 Å². The predicted molar refractivity (Wildman–Crippen MR) is 123 cm³/mol. The number of allylic oxidation sites excluding steroid dienone is 4. The molecule has 0 saturated heterocycles. The highest BCUT2D eigenvalue weighted by Crippen LogP contribution is 2.42. The number of hydrogen-bond acceptors (Lipinski definition) is 4. The fourth-order valence-electron chi connectivity index (χ4n) is 4.31. The van der Waals surface area contributed by atoms with Crippen molar-refractivity contribution >= 4 is 43.2 Å². The summed E-state index contributed by atoms with van der Waals surface area (Å²) < 4.78 is 1.20. The number of hydrazone groups is 1. The number of aromatic nitrogens is 1. The Morgan fingerprint density at radius 2 is 1.66 bits per heavy atom. The van der Waals surface area contributed by atoms with Crippen molar-refractivity contribution in [3.63, 3.8) is 0 Å². The smallest absolute Gasteiger partial charge is 0.207 e. The van der Waals surface area contributed by atoms with Crippen LogP contribution in [-0.2, 0) is 0 Å². The highest BCUT2D eigenvalue weighted by atomic mass is 32.1. The minimum atomic E-state index is 0.152. The average molecular weight is 394 g/mol. The Bertz CT molecular complexity index is 1260. The van der Waals surface area contributed by atoms with Gasteiger partial charge in [-0.2, -0.15) is 5.10 Å². The minimum Gasteiger partial charge on any atom is -0.231 e. The predicted octanol–water partition coefficient (Wildman–Crippen LogP) is 6.50. The van der Waals surface area contributed by atoms with Crippen LogP contribution in [0.4, 0.5) is 5.13 Å². The maximum atomic E-state index is 5.10. The summed E-state index contributed by atoms with van der Waals surface area (Å²) in [5.41, 5.74) is 3.55. The second-order valence-corrected chi connectivity index (χ2v) is 8.49. The van der Waals surface area contributed by atoms with Gasteiger partial charge in [-0.25, -0.2) is 9.99 Å². The molecule has 0 fully saturated rings. The first-order chi connectivity index (χ1) is 14.4. The summed E-state index contributed by atoms with van der Waals surface area (Å²) in [6.07, 6.45) is 9.58. The number of rotatable bonds is 3. The summed E-state index contributed by atoms with van der Waals surface area (Å²) in [6.45, 7) is 0. The Morgan fingerprint density at radius 1 is 0.862 bits per heavy atom. The maximum Gasteiger partial charge on any atom is 0.207 e. The van der Waals surface area contributed by atoms with Crippen molar-refractivity contribution in [2.75, 3.05) is 5.01 Å². The van der Waals surface area contributed by atoms with Crippen LogP contribution < -0.4 is 5.01 Å². The lowest BCUT2D eigenvalue weighted by Crippen LogP contribution is -2.18. The van der Waals surface area contributed by atoms with Crippen molar-refractivity contribution in [2.45, 2.75) is 12.5 Å². The third-order valence-corrected chi connectivity index (χ3v) is 6.75. The van der Waals surface area contributed by atoms with E-state index in [4.69, 9.17) is 10.1 Å². The van der Waals surface area contributed by atoms with Crippen LogP contribution in [0.25, 0.3) is 21.0 Å². The van der Waals surface area contributed by atoms with E-state index >= 15 is 0 Å². The molecule has 3 aromatic carbocycles. The molecule has 4 aromatic rings. The van der Waals surface area contributed by atoms with E-state index in [1.807, 2.05) is 6.07 Å². The van der Waals surface area contributed by atoms with E-state index in [1.165, 1.54) is 26.7 Å². The summed E-state index contributed by atoms with van der Waals surface area (Å²) in [6, 6.07) is 23.7. The molecule has 1 aromatic heterocycles. The molecule has 0 amide bonds. The lowest BCUT2D eigenvalue weighted by atomic mass is 9.92. The second-order valence-electron chi connectivity index (χ2n) is 7.48. The van der Waals surface area contributed by atoms with Gasteiger partial charge >= 0.3 is 0 Å². The molecule has 6 rings (SSSR count). The molecule has 4 heteroatoms. The molecule has 0 radical (unpaired) electrons.